The molecule has 5 aromatic rings. The van der Waals surface area contributed by atoms with Crippen LogP contribution in [0.2, 0.25) is 5.02 Å². The number of amides is 1. The first-order valence-corrected chi connectivity index (χ1v) is 23.3. The zero-order valence-corrected chi connectivity index (χ0v) is 36.4. The molecular formula is C43H47ClF3N7O6S2. The molecule has 13 nitrogen and oxygen atoms in total. The van der Waals surface area contributed by atoms with Crippen molar-refractivity contribution in [2.75, 3.05) is 56.0 Å². The number of nitrogens with two attached hydrogens (primary N) is 1. The Morgan fingerprint density at radius 1 is 0.984 bits per heavy atom. The minimum absolute atomic E-state index is 0.0170. The average Bonchev–Trinajstić information content (AvgIpc) is 3.70. The van der Waals surface area contributed by atoms with Gasteiger partial charge in [-0.15, -0.1) is 0 Å². The third-order valence-corrected chi connectivity index (χ3v) is 14.2. The number of carbonyl (C=O) groups excluding carboxylic acids is 1. The molecule has 0 unspecified atom stereocenters. The third kappa shape index (κ3) is 10.0. The van der Waals surface area contributed by atoms with Gasteiger partial charge in [-0.2, -0.15) is 13.2 Å². The Kier molecular flexibility index (Phi) is 13.0. The predicted molar refractivity (Wildman–Crippen MR) is 234 cm³/mol. The smallest absolute Gasteiger partial charge is 0.455 e. The number of ether oxygens (including phenoxy) is 1. The second kappa shape index (κ2) is 17.9. The number of halogens is 4. The van der Waals surface area contributed by atoms with Gasteiger partial charge < -0.3 is 25.7 Å². The van der Waals surface area contributed by atoms with Crippen LogP contribution in [0.15, 0.2) is 101 Å². The van der Waals surface area contributed by atoms with Gasteiger partial charge >= 0.3 is 5.51 Å². The number of hydrogen-bond acceptors (Lipinski definition) is 11. The van der Waals surface area contributed by atoms with Gasteiger partial charge in [-0.05, 0) is 103 Å². The molecular weight excluding hydrogens is 867 g/mol. The minimum Gasteiger partial charge on any atom is -0.455 e. The van der Waals surface area contributed by atoms with Crippen LogP contribution in [0.4, 0.5) is 24.5 Å². The van der Waals surface area contributed by atoms with E-state index in [0.29, 0.717) is 47.3 Å². The zero-order valence-electron chi connectivity index (χ0n) is 34.1. The summed E-state index contributed by atoms with van der Waals surface area (Å²) in [5, 5.41) is 3.97. The molecule has 0 bridgehead atoms. The fraction of sp³-hybridized carbons (Fsp3) is 0.349. The van der Waals surface area contributed by atoms with Gasteiger partial charge in [0.25, 0.3) is 25.8 Å². The molecule has 7 rings (SSSR count). The van der Waals surface area contributed by atoms with E-state index in [0.717, 1.165) is 51.0 Å². The molecule has 1 aliphatic heterocycles. The molecule has 0 saturated carbocycles. The van der Waals surface area contributed by atoms with Gasteiger partial charge in [-0.1, -0.05) is 43.2 Å². The SMILES string of the molecule is CC1(C)CCC(CN2CCN(c3ccc(C(=O)NS(=O)(=O)c4ccc(NCCCN)c(S(=O)(=O)C(F)(F)F)c4)c(Oc4cnc5[nH]ccc5c4)c3)CC2)=C(c2ccc(Cl)cc2)C1. The number of aromatic nitrogens is 2. The highest BCUT2D eigenvalue weighted by molar-refractivity contribution is 7.92. The lowest BCUT2D eigenvalue weighted by atomic mass is 9.72. The molecule has 2 aliphatic rings. The number of carbonyl (C=O) groups is 1. The minimum atomic E-state index is -6.02. The number of hydrogen-bond donors (Lipinski definition) is 4. The highest BCUT2D eigenvalue weighted by Crippen LogP contribution is 2.44. The van der Waals surface area contributed by atoms with Crippen LogP contribution in [0.5, 0.6) is 11.5 Å². The van der Waals surface area contributed by atoms with E-state index in [9.17, 15) is 34.8 Å². The summed E-state index contributed by atoms with van der Waals surface area (Å²) in [6, 6.07) is 18.4. The van der Waals surface area contributed by atoms with E-state index in [4.69, 9.17) is 22.1 Å². The Balaban J connectivity index is 1.14. The van der Waals surface area contributed by atoms with Crippen molar-refractivity contribution in [1.82, 2.24) is 19.6 Å². The first kappa shape index (κ1) is 44.9. The van der Waals surface area contributed by atoms with E-state index in [1.807, 2.05) is 16.9 Å². The summed E-state index contributed by atoms with van der Waals surface area (Å²) in [5.41, 5.74) is 4.49. The number of sulfone groups is 1. The first-order chi connectivity index (χ1) is 29.3. The van der Waals surface area contributed by atoms with Crippen molar-refractivity contribution in [3.05, 3.63) is 107 Å². The third-order valence-electron chi connectivity index (χ3n) is 11.1. The van der Waals surface area contributed by atoms with Crippen LogP contribution < -0.4 is 25.4 Å². The van der Waals surface area contributed by atoms with Gasteiger partial charge in [-0.3, -0.25) is 9.69 Å². The van der Waals surface area contributed by atoms with Gasteiger partial charge in [0.1, 0.15) is 22.0 Å². The van der Waals surface area contributed by atoms with Gasteiger partial charge in [0, 0.05) is 67.6 Å². The highest BCUT2D eigenvalue weighted by atomic mass is 35.5. The van der Waals surface area contributed by atoms with Crippen LogP contribution in [0, 0.1) is 5.41 Å². The number of nitrogens with zero attached hydrogens (tertiary/aromatic N) is 3. The lowest BCUT2D eigenvalue weighted by Crippen LogP contribution is -2.47. The molecule has 1 saturated heterocycles. The molecule has 3 aromatic carbocycles. The lowest BCUT2D eigenvalue weighted by Gasteiger charge is -2.39. The maximum Gasteiger partial charge on any atom is 0.501 e. The number of H-pyrrole nitrogens is 1. The topological polar surface area (TPSA) is 180 Å². The molecule has 1 fully saturated rings. The van der Waals surface area contributed by atoms with Crippen molar-refractivity contribution in [2.45, 2.75) is 54.8 Å². The van der Waals surface area contributed by atoms with Crippen LogP contribution in [-0.2, 0) is 19.9 Å². The molecule has 1 amide bonds. The maximum absolute atomic E-state index is 13.9. The molecule has 0 radical (unpaired) electrons. The van der Waals surface area contributed by atoms with Crippen molar-refractivity contribution in [3.8, 4) is 11.5 Å². The number of alkyl halides is 3. The maximum atomic E-state index is 13.9. The zero-order chi connectivity index (χ0) is 44.5. The Hall–Kier alpha value is -5.14. The lowest BCUT2D eigenvalue weighted by molar-refractivity contribution is -0.0435. The second-order valence-corrected chi connectivity index (χ2v) is 20.2. The van der Waals surface area contributed by atoms with E-state index in [1.54, 1.807) is 30.5 Å². The molecule has 19 heteroatoms. The number of piperazine rings is 1. The van der Waals surface area contributed by atoms with Crippen LogP contribution in [0.3, 0.4) is 0 Å². The number of fused-ring (bicyclic) bond motifs is 1. The summed E-state index contributed by atoms with van der Waals surface area (Å²) < 4.78 is 102. The van der Waals surface area contributed by atoms with Crippen molar-refractivity contribution in [1.29, 1.82) is 0 Å². The van der Waals surface area contributed by atoms with Crippen LogP contribution in [0.25, 0.3) is 16.6 Å². The fourth-order valence-electron chi connectivity index (χ4n) is 7.70. The first-order valence-electron chi connectivity index (χ1n) is 20.0. The standard InChI is InChI=1S/C43H47ClF3N7O6S2/c1-42(2)14-12-30(36(25-42)28-4-6-31(44)7-5-28)27-53-18-20-54(21-19-53)32-8-10-35(38(23-32)60-33-22-29-13-17-50-40(29)51-26-33)41(55)52-62(58,59)34-9-11-37(49-16-3-15-48)39(24-34)61(56,57)43(45,46)47/h4-11,13,17,22-24,26,49H,3,12,14-16,18-21,25,27,48H2,1-2H3,(H,50,51)(H,52,55). The highest BCUT2D eigenvalue weighted by Gasteiger charge is 2.48. The van der Waals surface area contributed by atoms with E-state index >= 15 is 0 Å². The average molecular weight is 914 g/mol. The summed E-state index contributed by atoms with van der Waals surface area (Å²) in [6.07, 6.45) is 6.49. The number of anilines is 2. The number of allylic oxidation sites excluding steroid dienone is 1. The molecule has 2 aromatic heterocycles. The molecule has 0 spiro atoms. The Morgan fingerprint density at radius 2 is 1.73 bits per heavy atom. The van der Waals surface area contributed by atoms with Crippen molar-refractivity contribution < 1.29 is 39.5 Å². The summed E-state index contributed by atoms with van der Waals surface area (Å²) in [6.45, 7) is 8.40. The Labute approximate surface area is 363 Å². The largest absolute Gasteiger partial charge is 0.501 e. The summed E-state index contributed by atoms with van der Waals surface area (Å²) in [4.78, 5) is 23.6. The Morgan fingerprint density at radius 3 is 2.44 bits per heavy atom. The van der Waals surface area contributed by atoms with E-state index in [2.05, 4.69) is 51.1 Å². The molecule has 1 aliphatic carbocycles. The molecule has 3 heterocycles. The fourth-order valence-corrected chi connectivity index (χ4v) is 9.86. The molecule has 330 valence electrons. The van der Waals surface area contributed by atoms with Gasteiger partial charge in [0.2, 0.25) is 0 Å². The van der Waals surface area contributed by atoms with Gasteiger partial charge in [0.05, 0.1) is 22.3 Å². The van der Waals surface area contributed by atoms with Crippen LogP contribution in [0.1, 0.15) is 55.5 Å². The molecule has 0 atom stereocenters. The molecule has 62 heavy (non-hydrogen) atoms. The quantitative estimate of drug-likeness (QED) is 0.0794. The normalized spacial score (nSPS) is 16.4. The van der Waals surface area contributed by atoms with Crippen LogP contribution >= 0.6 is 11.6 Å². The monoisotopic (exact) mass is 913 g/mol. The Bertz CT molecular complexity index is 2720. The summed E-state index contributed by atoms with van der Waals surface area (Å²) >= 11 is 6.22. The van der Waals surface area contributed by atoms with E-state index in [-0.39, 0.29) is 35.6 Å². The van der Waals surface area contributed by atoms with Crippen molar-refractivity contribution in [2.24, 2.45) is 11.1 Å². The number of rotatable bonds is 14. The molecule has 5 N–H and O–H groups in total. The van der Waals surface area contributed by atoms with Crippen LogP contribution in [-0.4, -0.2) is 88.9 Å². The number of aromatic amines is 1. The van der Waals surface area contributed by atoms with Gasteiger partial charge in [-0.25, -0.2) is 26.5 Å². The van der Waals surface area contributed by atoms with Crippen molar-refractivity contribution >= 4 is 65.3 Å². The predicted octanol–water partition coefficient (Wildman–Crippen LogP) is 7.97. The number of pyridine rings is 1. The van der Waals surface area contributed by atoms with E-state index < -0.39 is 46.8 Å². The summed E-state index contributed by atoms with van der Waals surface area (Å²) in [7, 11) is -11.0. The second-order valence-electron chi connectivity index (χ2n) is 16.2. The van der Waals surface area contributed by atoms with Gasteiger partial charge in [0.15, 0.2) is 0 Å². The summed E-state index contributed by atoms with van der Waals surface area (Å²) in [5.74, 6) is -0.939. The number of benzene rings is 3. The number of sulfonamides is 1. The van der Waals surface area contributed by atoms with Crippen molar-refractivity contribution in [3.63, 3.8) is 0 Å². The van der Waals surface area contributed by atoms with E-state index in [1.165, 1.54) is 29.0 Å². The number of nitrogens with one attached hydrogen (secondary N) is 3.